The van der Waals surface area contributed by atoms with Gasteiger partial charge in [0.1, 0.15) is 0 Å². The molecule has 0 spiro atoms. The molecule has 1 saturated heterocycles. The molecular formula is C26H32N4O2S. The SMILES string of the molecule is CCC(CC)(Cc1nc2ccccc2s1)C(=O)NC1CCN(C(=O)Nc2ccccc2)CC1. The second-order valence-electron chi connectivity index (χ2n) is 8.77. The number of para-hydroxylation sites is 2. The number of likely N-dealkylation sites (tertiary alicyclic amines) is 1. The lowest BCUT2D eigenvalue weighted by Crippen LogP contribution is -2.51. The molecule has 2 N–H and O–H groups in total. The molecule has 33 heavy (non-hydrogen) atoms. The summed E-state index contributed by atoms with van der Waals surface area (Å²) in [6.07, 6.45) is 3.72. The summed E-state index contributed by atoms with van der Waals surface area (Å²) >= 11 is 1.68. The number of hydrogen-bond acceptors (Lipinski definition) is 4. The highest BCUT2D eigenvalue weighted by Gasteiger charge is 2.37. The van der Waals surface area contributed by atoms with Crippen LogP contribution in [0.4, 0.5) is 10.5 Å². The highest BCUT2D eigenvalue weighted by Crippen LogP contribution is 2.35. The van der Waals surface area contributed by atoms with Crippen LogP contribution >= 0.6 is 11.3 Å². The Morgan fingerprint density at radius 2 is 1.70 bits per heavy atom. The van der Waals surface area contributed by atoms with Crippen molar-refractivity contribution < 1.29 is 9.59 Å². The lowest BCUT2D eigenvalue weighted by Gasteiger charge is -2.36. The minimum Gasteiger partial charge on any atom is -0.353 e. The monoisotopic (exact) mass is 464 g/mol. The number of nitrogens with zero attached hydrogens (tertiary/aromatic N) is 2. The number of urea groups is 1. The van der Waals surface area contributed by atoms with E-state index in [1.807, 2.05) is 53.4 Å². The standard InChI is InChI=1S/C26H32N4O2S/c1-3-26(4-2,18-23-29-21-12-8-9-13-22(21)33-23)24(31)27-20-14-16-30(17-15-20)25(32)28-19-10-6-5-7-11-19/h5-13,20H,3-4,14-18H2,1-2H3,(H,27,31)(H,28,32). The van der Waals surface area contributed by atoms with Crippen LogP contribution in [-0.4, -0.2) is 41.0 Å². The zero-order chi connectivity index (χ0) is 23.3. The first-order valence-electron chi connectivity index (χ1n) is 11.8. The fourth-order valence-corrected chi connectivity index (χ4v) is 5.59. The van der Waals surface area contributed by atoms with Crippen LogP contribution in [0.3, 0.4) is 0 Å². The summed E-state index contributed by atoms with van der Waals surface area (Å²) in [5.41, 5.74) is 1.33. The number of thiazole rings is 1. The van der Waals surface area contributed by atoms with Gasteiger partial charge in [0.25, 0.3) is 0 Å². The van der Waals surface area contributed by atoms with Crippen LogP contribution < -0.4 is 10.6 Å². The number of piperidine rings is 1. The molecule has 0 saturated carbocycles. The zero-order valence-corrected chi connectivity index (χ0v) is 20.2. The van der Waals surface area contributed by atoms with Crippen molar-refractivity contribution in [3.63, 3.8) is 0 Å². The quantitative estimate of drug-likeness (QED) is 0.488. The maximum atomic E-state index is 13.4. The predicted molar refractivity (Wildman–Crippen MR) is 135 cm³/mol. The van der Waals surface area contributed by atoms with Crippen molar-refractivity contribution in [3.05, 3.63) is 59.6 Å². The number of anilines is 1. The smallest absolute Gasteiger partial charge is 0.321 e. The molecule has 0 unspecified atom stereocenters. The third kappa shape index (κ3) is 5.36. The van der Waals surface area contributed by atoms with Gasteiger partial charge in [0.15, 0.2) is 0 Å². The van der Waals surface area contributed by atoms with Crippen molar-refractivity contribution in [2.45, 2.75) is 52.0 Å². The second-order valence-corrected chi connectivity index (χ2v) is 9.89. The molecule has 174 valence electrons. The largest absolute Gasteiger partial charge is 0.353 e. The summed E-state index contributed by atoms with van der Waals surface area (Å²) in [5, 5.41) is 7.26. The average Bonchev–Trinajstić information content (AvgIpc) is 3.26. The molecule has 3 aromatic rings. The topological polar surface area (TPSA) is 74.3 Å². The summed E-state index contributed by atoms with van der Waals surface area (Å²) in [4.78, 5) is 32.6. The lowest BCUT2D eigenvalue weighted by molar-refractivity contribution is -0.132. The lowest BCUT2D eigenvalue weighted by atomic mass is 9.78. The van der Waals surface area contributed by atoms with Crippen LogP contribution in [0.1, 0.15) is 44.5 Å². The molecule has 2 aromatic carbocycles. The Bertz CT molecular complexity index is 1050. The van der Waals surface area contributed by atoms with Gasteiger partial charge < -0.3 is 15.5 Å². The molecule has 1 aromatic heterocycles. The van der Waals surface area contributed by atoms with Gasteiger partial charge in [-0.25, -0.2) is 9.78 Å². The van der Waals surface area contributed by atoms with E-state index in [0.717, 1.165) is 46.6 Å². The first-order chi connectivity index (χ1) is 16.0. The van der Waals surface area contributed by atoms with Crippen molar-refractivity contribution in [2.24, 2.45) is 5.41 Å². The van der Waals surface area contributed by atoms with Gasteiger partial charge in [0.2, 0.25) is 5.91 Å². The molecule has 2 heterocycles. The van der Waals surface area contributed by atoms with E-state index in [4.69, 9.17) is 4.98 Å². The fourth-order valence-electron chi connectivity index (χ4n) is 4.48. The third-order valence-electron chi connectivity index (χ3n) is 6.81. The Morgan fingerprint density at radius 3 is 2.36 bits per heavy atom. The van der Waals surface area contributed by atoms with E-state index in [0.29, 0.717) is 19.5 Å². The Balaban J connectivity index is 1.34. The van der Waals surface area contributed by atoms with Crippen LogP contribution in [0.15, 0.2) is 54.6 Å². The molecule has 1 aliphatic heterocycles. The molecule has 7 heteroatoms. The molecule has 1 fully saturated rings. The number of fused-ring (bicyclic) bond motifs is 1. The maximum absolute atomic E-state index is 13.4. The Labute approximate surface area is 199 Å². The Morgan fingerprint density at radius 1 is 1.03 bits per heavy atom. The van der Waals surface area contributed by atoms with E-state index in [-0.39, 0.29) is 18.0 Å². The predicted octanol–water partition coefficient (Wildman–Crippen LogP) is 5.46. The molecule has 1 aliphatic rings. The Kier molecular flexibility index (Phi) is 7.28. The van der Waals surface area contributed by atoms with Crippen molar-refractivity contribution in [1.82, 2.24) is 15.2 Å². The molecule has 0 radical (unpaired) electrons. The van der Waals surface area contributed by atoms with E-state index in [1.54, 1.807) is 11.3 Å². The van der Waals surface area contributed by atoms with Crippen LogP contribution in [0.5, 0.6) is 0 Å². The first kappa shape index (κ1) is 23.2. The van der Waals surface area contributed by atoms with Crippen LogP contribution in [0.2, 0.25) is 0 Å². The number of amides is 3. The van der Waals surface area contributed by atoms with E-state index in [1.165, 1.54) is 0 Å². The number of aromatic nitrogens is 1. The Hall–Kier alpha value is -2.93. The zero-order valence-electron chi connectivity index (χ0n) is 19.3. The third-order valence-corrected chi connectivity index (χ3v) is 7.84. The van der Waals surface area contributed by atoms with Crippen LogP contribution in [-0.2, 0) is 11.2 Å². The number of hydrogen-bond donors (Lipinski definition) is 2. The average molecular weight is 465 g/mol. The highest BCUT2D eigenvalue weighted by molar-refractivity contribution is 7.18. The normalized spacial score (nSPS) is 14.9. The van der Waals surface area contributed by atoms with Gasteiger partial charge in [-0.05, 0) is 49.9 Å². The molecule has 0 aliphatic carbocycles. The number of carbonyl (C=O) groups excluding carboxylic acids is 2. The van der Waals surface area contributed by atoms with Crippen molar-refractivity contribution in [2.75, 3.05) is 18.4 Å². The van der Waals surface area contributed by atoms with Gasteiger partial charge >= 0.3 is 6.03 Å². The number of benzene rings is 2. The van der Waals surface area contributed by atoms with E-state index in [2.05, 4.69) is 30.5 Å². The minimum atomic E-state index is -0.463. The van der Waals surface area contributed by atoms with Gasteiger partial charge in [0, 0.05) is 31.2 Å². The van der Waals surface area contributed by atoms with E-state index in [9.17, 15) is 9.59 Å². The second kappa shape index (κ2) is 10.3. The summed E-state index contributed by atoms with van der Waals surface area (Å²) < 4.78 is 1.16. The molecule has 6 nitrogen and oxygen atoms in total. The summed E-state index contributed by atoms with van der Waals surface area (Å²) in [5.74, 6) is 0.110. The molecule has 4 rings (SSSR count). The summed E-state index contributed by atoms with van der Waals surface area (Å²) in [6, 6.07) is 17.6. The molecule has 0 bridgehead atoms. The summed E-state index contributed by atoms with van der Waals surface area (Å²) in [6.45, 7) is 5.44. The van der Waals surface area contributed by atoms with Gasteiger partial charge in [-0.1, -0.05) is 44.2 Å². The van der Waals surface area contributed by atoms with E-state index < -0.39 is 5.41 Å². The molecule has 3 amide bonds. The van der Waals surface area contributed by atoms with Crippen molar-refractivity contribution in [1.29, 1.82) is 0 Å². The minimum absolute atomic E-state index is 0.0849. The fraction of sp³-hybridized carbons (Fsp3) is 0.423. The van der Waals surface area contributed by atoms with Crippen molar-refractivity contribution >= 4 is 39.2 Å². The van der Waals surface area contributed by atoms with Crippen LogP contribution in [0, 0.1) is 5.41 Å². The van der Waals surface area contributed by atoms with Gasteiger partial charge in [-0.3, -0.25) is 4.79 Å². The molecular weight excluding hydrogens is 432 g/mol. The highest BCUT2D eigenvalue weighted by atomic mass is 32.1. The number of rotatable bonds is 7. The van der Waals surface area contributed by atoms with E-state index >= 15 is 0 Å². The number of nitrogens with one attached hydrogen (secondary N) is 2. The maximum Gasteiger partial charge on any atom is 0.321 e. The molecule has 0 atom stereocenters. The number of carbonyl (C=O) groups is 2. The van der Waals surface area contributed by atoms with Gasteiger partial charge in [-0.15, -0.1) is 11.3 Å². The first-order valence-corrected chi connectivity index (χ1v) is 12.6. The van der Waals surface area contributed by atoms with Crippen molar-refractivity contribution in [3.8, 4) is 0 Å². The summed E-state index contributed by atoms with van der Waals surface area (Å²) in [7, 11) is 0. The van der Waals surface area contributed by atoms with Gasteiger partial charge in [-0.2, -0.15) is 0 Å². The van der Waals surface area contributed by atoms with Crippen LogP contribution in [0.25, 0.3) is 10.2 Å². The van der Waals surface area contributed by atoms with Gasteiger partial charge in [0.05, 0.1) is 20.6 Å².